The lowest BCUT2D eigenvalue weighted by molar-refractivity contribution is -0.222. The minimum atomic E-state index is -5.01. The highest BCUT2D eigenvalue weighted by molar-refractivity contribution is 5.57. The van der Waals surface area contributed by atoms with Crippen LogP contribution in [-0.4, -0.2) is 29.7 Å². The fraction of sp³-hybridized carbons (Fsp3) is 0.800. The molecule has 0 rings (SSSR count). The molecule has 2 unspecified atom stereocenters. The zero-order chi connectivity index (χ0) is 9.94. The van der Waals surface area contributed by atoms with Crippen LogP contribution in [0.25, 0.3) is 0 Å². The molecule has 0 aliphatic rings. The molecule has 3 nitrogen and oxygen atoms in total. The first kappa shape index (κ1) is 11.0. The molecular weight excluding hydrogens is 184 g/mol. The number of carbonyl (C=O) groups is 1. The molecule has 0 spiro atoms. The summed E-state index contributed by atoms with van der Waals surface area (Å²) in [5.41, 5.74) is 0. The van der Waals surface area contributed by atoms with Crippen LogP contribution >= 0.6 is 0 Å². The van der Waals surface area contributed by atoms with E-state index in [-0.39, 0.29) is 0 Å². The van der Waals surface area contributed by atoms with Gasteiger partial charge in [-0.25, -0.2) is 9.18 Å². The molecule has 0 aromatic heterocycles. The number of ether oxygens (including phenoxy) is 1. The van der Waals surface area contributed by atoms with Gasteiger partial charge in [-0.2, -0.15) is 13.2 Å². The number of hydrogen-bond acceptors (Lipinski definition) is 2. The fourth-order valence-corrected chi connectivity index (χ4v) is 0.530. The van der Waals surface area contributed by atoms with Crippen LogP contribution < -0.4 is 0 Å². The second-order valence-corrected chi connectivity index (χ2v) is 2.02. The largest absolute Gasteiger partial charge is 0.506 e. The molecule has 0 aromatic carbocycles. The Kier molecular flexibility index (Phi) is 3.29. The summed E-state index contributed by atoms with van der Waals surface area (Å²) in [6.07, 6.45) is -12.5. The normalized spacial score (nSPS) is 16.8. The van der Waals surface area contributed by atoms with Crippen molar-refractivity contribution >= 4 is 6.16 Å². The van der Waals surface area contributed by atoms with Gasteiger partial charge < -0.3 is 9.84 Å². The maximum Gasteiger partial charge on any atom is 0.506 e. The van der Waals surface area contributed by atoms with Crippen LogP contribution in [0.5, 0.6) is 0 Å². The van der Waals surface area contributed by atoms with E-state index in [1.807, 2.05) is 0 Å². The second-order valence-electron chi connectivity index (χ2n) is 2.02. The minimum absolute atomic E-state index is 0.571. The maximum absolute atomic E-state index is 12.1. The van der Waals surface area contributed by atoms with E-state index in [9.17, 15) is 22.4 Å². The zero-order valence-corrected chi connectivity index (χ0v) is 5.93. The number of carboxylic acid groups (broad SMARTS) is 1. The number of halogens is 4. The molecule has 0 amide bonds. The van der Waals surface area contributed by atoms with Gasteiger partial charge in [0.25, 0.3) is 0 Å². The van der Waals surface area contributed by atoms with Gasteiger partial charge in [-0.3, -0.25) is 0 Å². The van der Waals surface area contributed by atoms with Gasteiger partial charge >= 0.3 is 12.3 Å². The molecule has 0 saturated heterocycles. The molecule has 0 bridgehead atoms. The molecule has 0 aliphatic heterocycles. The first-order chi connectivity index (χ1) is 5.25. The van der Waals surface area contributed by atoms with Crippen molar-refractivity contribution in [3.05, 3.63) is 0 Å². The van der Waals surface area contributed by atoms with Crippen LogP contribution in [0.4, 0.5) is 22.4 Å². The Morgan fingerprint density at radius 1 is 1.50 bits per heavy atom. The van der Waals surface area contributed by atoms with Crippen molar-refractivity contribution in [3.8, 4) is 0 Å². The van der Waals surface area contributed by atoms with Crippen molar-refractivity contribution in [1.29, 1.82) is 0 Å². The summed E-state index contributed by atoms with van der Waals surface area (Å²) in [5, 5.41) is 7.81. The molecule has 0 aliphatic carbocycles. The molecule has 0 saturated carbocycles. The summed E-state index contributed by atoms with van der Waals surface area (Å²) in [7, 11) is 0. The SMILES string of the molecule is CC(F)C(OC(=O)O)C(F)(F)F. The smallest absolute Gasteiger partial charge is 0.450 e. The topological polar surface area (TPSA) is 46.5 Å². The van der Waals surface area contributed by atoms with Gasteiger partial charge in [-0.05, 0) is 6.92 Å². The third-order valence-corrected chi connectivity index (χ3v) is 0.968. The van der Waals surface area contributed by atoms with Gasteiger partial charge in [0.15, 0.2) is 0 Å². The first-order valence-electron chi connectivity index (χ1n) is 2.85. The fourth-order valence-electron chi connectivity index (χ4n) is 0.530. The van der Waals surface area contributed by atoms with E-state index in [2.05, 4.69) is 4.74 Å². The van der Waals surface area contributed by atoms with Crippen molar-refractivity contribution in [2.75, 3.05) is 0 Å². The molecule has 72 valence electrons. The first-order valence-corrected chi connectivity index (χ1v) is 2.85. The van der Waals surface area contributed by atoms with Gasteiger partial charge in [0.05, 0.1) is 0 Å². The monoisotopic (exact) mass is 190 g/mol. The van der Waals surface area contributed by atoms with Crippen molar-refractivity contribution in [2.45, 2.75) is 25.4 Å². The molecule has 12 heavy (non-hydrogen) atoms. The highest BCUT2D eigenvalue weighted by Crippen LogP contribution is 2.26. The quantitative estimate of drug-likeness (QED) is 0.534. The Balaban J connectivity index is 4.35. The lowest BCUT2D eigenvalue weighted by Crippen LogP contribution is -2.39. The standard InChI is InChI=1S/C5H6F4O3/c1-2(6)3(5(7,8)9)12-4(10)11/h2-3H,1H3,(H,10,11). The summed E-state index contributed by atoms with van der Waals surface area (Å²) in [4.78, 5) is 9.67. The molecular formula is C5H6F4O3. The average molecular weight is 190 g/mol. The number of rotatable bonds is 2. The van der Waals surface area contributed by atoms with Crippen molar-refractivity contribution < 1.29 is 32.2 Å². The summed E-state index contributed by atoms with van der Waals surface area (Å²) in [6, 6.07) is 0. The Bertz CT molecular complexity index is 165. The Morgan fingerprint density at radius 2 is 1.92 bits per heavy atom. The van der Waals surface area contributed by atoms with Crippen molar-refractivity contribution in [1.82, 2.24) is 0 Å². The second kappa shape index (κ2) is 3.59. The van der Waals surface area contributed by atoms with Gasteiger partial charge in [0.1, 0.15) is 6.17 Å². The van der Waals surface area contributed by atoms with E-state index in [0.29, 0.717) is 6.92 Å². The molecule has 0 aromatic rings. The van der Waals surface area contributed by atoms with E-state index in [4.69, 9.17) is 5.11 Å². The zero-order valence-electron chi connectivity index (χ0n) is 5.93. The van der Waals surface area contributed by atoms with E-state index in [1.54, 1.807) is 0 Å². The average Bonchev–Trinajstić information content (AvgIpc) is 1.79. The van der Waals surface area contributed by atoms with Crippen LogP contribution in [0, 0.1) is 0 Å². The third kappa shape index (κ3) is 3.40. The lowest BCUT2D eigenvalue weighted by Gasteiger charge is -2.19. The molecule has 2 atom stereocenters. The van der Waals surface area contributed by atoms with Crippen LogP contribution in [0.15, 0.2) is 0 Å². The third-order valence-electron chi connectivity index (χ3n) is 0.968. The Hall–Kier alpha value is -1.01. The summed E-state index contributed by atoms with van der Waals surface area (Å²) < 4.78 is 50.5. The van der Waals surface area contributed by atoms with E-state index < -0.39 is 24.6 Å². The molecule has 1 N–H and O–H groups in total. The minimum Gasteiger partial charge on any atom is -0.450 e. The van der Waals surface area contributed by atoms with E-state index >= 15 is 0 Å². The highest BCUT2D eigenvalue weighted by Gasteiger charge is 2.47. The predicted molar refractivity (Wildman–Crippen MR) is 29.5 cm³/mol. The summed E-state index contributed by atoms with van der Waals surface area (Å²) in [5.74, 6) is 0. The molecule has 0 radical (unpaired) electrons. The van der Waals surface area contributed by atoms with E-state index in [0.717, 1.165) is 0 Å². The van der Waals surface area contributed by atoms with Crippen LogP contribution in [0.3, 0.4) is 0 Å². The maximum atomic E-state index is 12.1. The van der Waals surface area contributed by atoms with Crippen molar-refractivity contribution in [3.63, 3.8) is 0 Å². The molecule has 7 heteroatoms. The number of alkyl halides is 4. The van der Waals surface area contributed by atoms with Crippen LogP contribution in [-0.2, 0) is 4.74 Å². The van der Waals surface area contributed by atoms with Crippen LogP contribution in [0.2, 0.25) is 0 Å². The van der Waals surface area contributed by atoms with Crippen molar-refractivity contribution in [2.24, 2.45) is 0 Å². The lowest BCUT2D eigenvalue weighted by atomic mass is 10.2. The van der Waals surface area contributed by atoms with Gasteiger partial charge in [-0.15, -0.1) is 0 Å². The van der Waals surface area contributed by atoms with Gasteiger partial charge in [0.2, 0.25) is 6.10 Å². The highest BCUT2D eigenvalue weighted by atomic mass is 19.4. The predicted octanol–water partition coefficient (Wildman–Crippen LogP) is 1.97. The van der Waals surface area contributed by atoms with Gasteiger partial charge in [-0.1, -0.05) is 0 Å². The number of hydrogen-bond donors (Lipinski definition) is 1. The summed E-state index contributed by atoms with van der Waals surface area (Å²) >= 11 is 0. The Labute approximate surface area is 64.9 Å². The van der Waals surface area contributed by atoms with Gasteiger partial charge in [0, 0.05) is 0 Å². The summed E-state index contributed by atoms with van der Waals surface area (Å²) in [6.45, 7) is 0.571. The van der Waals surface area contributed by atoms with Crippen LogP contribution in [0.1, 0.15) is 6.92 Å². The molecule has 0 heterocycles. The Morgan fingerprint density at radius 3 is 2.00 bits per heavy atom. The molecule has 0 fully saturated rings. The van der Waals surface area contributed by atoms with E-state index in [1.165, 1.54) is 0 Å².